The molecule has 2 aliphatic rings. The molecule has 152 valence electrons. The van der Waals surface area contributed by atoms with E-state index in [0.717, 1.165) is 44.5 Å². The summed E-state index contributed by atoms with van der Waals surface area (Å²) < 4.78 is 0. The molecule has 0 saturated carbocycles. The van der Waals surface area contributed by atoms with E-state index in [1.807, 2.05) is 23.1 Å². The Hall–Kier alpha value is -2.89. The van der Waals surface area contributed by atoms with Gasteiger partial charge in [-0.3, -0.25) is 9.78 Å². The summed E-state index contributed by atoms with van der Waals surface area (Å²) in [4.78, 5) is 33.5. The van der Waals surface area contributed by atoms with Crippen molar-refractivity contribution in [3.8, 4) is 0 Å². The Morgan fingerprint density at radius 1 is 0.966 bits per heavy atom. The molecule has 0 radical (unpaired) electrons. The monoisotopic (exact) mass is 392 g/mol. The number of likely N-dealkylation sites (tertiary alicyclic amines) is 1. The van der Waals surface area contributed by atoms with Gasteiger partial charge >= 0.3 is 6.03 Å². The topological polar surface area (TPSA) is 65.5 Å². The van der Waals surface area contributed by atoms with Crippen molar-refractivity contribution < 1.29 is 9.59 Å². The first-order valence-electron chi connectivity index (χ1n) is 10.5. The Balaban J connectivity index is 1.35. The second kappa shape index (κ2) is 9.07. The fourth-order valence-corrected chi connectivity index (χ4v) is 4.38. The van der Waals surface area contributed by atoms with Crippen molar-refractivity contribution in [2.24, 2.45) is 0 Å². The Morgan fingerprint density at radius 3 is 2.59 bits per heavy atom. The Morgan fingerprint density at radius 2 is 1.79 bits per heavy atom. The molecular formula is C23H28N4O2. The van der Waals surface area contributed by atoms with Crippen LogP contribution in [0.3, 0.4) is 0 Å². The normalized spacial score (nSPS) is 22.8. The number of rotatable bonds is 3. The SMILES string of the molecule is O=C(NC1CCCN(c2cccnc2)C1=O)N1CCCC(c2ccccc2)CC1. The molecule has 2 aromatic rings. The summed E-state index contributed by atoms with van der Waals surface area (Å²) in [5.41, 5.74) is 2.14. The van der Waals surface area contributed by atoms with E-state index in [0.29, 0.717) is 18.9 Å². The van der Waals surface area contributed by atoms with Gasteiger partial charge < -0.3 is 15.1 Å². The molecule has 0 spiro atoms. The molecule has 0 bridgehead atoms. The number of benzene rings is 1. The Kier molecular flexibility index (Phi) is 6.08. The van der Waals surface area contributed by atoms with Crippen LogP contribution in [0.25, 0.3) is 0 Å². The smallest absolute Gasteiger partial charge is 0.318 e. The number of carbonyl (C=O) groups is 2. The van der Waals surface area contributed by atoms with Gasteiger partial charge in [0.2, 0.25) is 5.91 Å². The van der Waals surface area contributed by atoms with Crippen molar-refractivity contribution in [3.63, 3.8) is 0 Å². The van der Waals surface area contributed by atoms with Crippen molar-refractivity contribution in [2.45, 2.75) is 44.1 Å². The highest BCUT2D eigenvalue weighted by molar-refractivity contribution is 5.99. The zero-order chi connectivity index (χ0) is 20.1. The van der Waals surface area contributed by atoms with Gasteiger partial charge in [-0.1, -0.05) is 30.3 Å². The van der Waals surface area contributed by atoms with Crippen LogP contribution < -0.4 is 10.2 Å². The molecule has 1 N–H and O–H groups in total. The third-order valence-electron chi connectivity index (χ3n) is 5.98. The standard InChI is InChI=1S/C23H28N4O2/c28-22-21(11-6-15-27(22)20-10-4-13-24-17-20)25-23(29)26-14-5-9-19(12-16-26)18-7-2-1-3-8-18/h1-4,7-8,10,13,17,19,21H,5-6,9,11-12,14-16H2,(H,25,29). The summed E-state index contributed by atoms with van der Waals surface area (Å²) in [6, 6.07) is 13.7. The number of carbonyl (C=O) groups excluding carboxylic acids is 2. The maximum atomic E-state index is 12.9. The number of nitrogens with zero attached hydrogens (tertiary/aromatic N) is 3. The lowest BCUT2D eigenvalue weighted by atomic mass is 9.92. The minimum Gasteiger partial charge on any atom is -0.326 e. The third kappa shape index (κ3) is 4.58. The number of hydrogen-bond acceptors (Lipinski definition) is 3. The number of pyridine rings is 1. The van der Waals surface area contributed by atoms with E-state index < -0.39 is 6.04 Å². The Bertz CT molecular complexity index is 827. The molecule has 3 heterocycles. The van der Waals surface area contributed by atoms with Gasteiger partial charge in [-0.05, 0) is 55.7 Å². The molecule has 2 fully saturated rings. The number of anilines is 1. The average Bonchev–Trinajstić information content (AvgIpc) is 3.03. The van der Waals surface area contributed by atoms with Gasteiger partial charge in [0.05, 0.1) is 11.9 Å². The van der Waals surface area contributed by atoms with Crippen molar-refractivity contribution in [1.82, 2.24) is 15.2 Å². The number of piperidine rings is 1. The minimum atomic E-state index is -0.468. The fourth-order valence-electron chi connectivity index (χ4n) is 4.38. The van der Waals surface area contributed by atoms with Crippen LogP contribution in [0, 0.1) is 0 Å². The first-order valence-corrected chi connectivity index (χ1v) is 10.5. The predicted molar refractivity (Wildman–Crippen MR) is 113 cm³/mol. The lowest BCUT2D eigenvalue weighted by Gasteiger charge is -2.33. The van der Waals surface area contributed by atoms with Crippen LogP contribution in [0.2, 0.25) is 0 Å². The Labute approximate surface area is 171 Å². The van der Waals surface area contributed by atoms with Crippen LogP contribution >= 0.6 is 0 Å². The fraction of sp³-hybridized carbons (Fsp3) is 0.435. The number of amides is 3. The summed E-state index contributed by atoms with van der Waals surface area (Å²) in [7, 11) is 0. The molecular weight excluding hydrogens is 364 g/mol. The zero-order valence-corrected chi connectivity index (χ0v) is 16.7. The van der Waals surface area contributed by atoms with Gasteiger partial charge in [0, 0.05) is 25.8 Å². The molecule has 6 nitrogen and oxygen atoms in total. The van der Waals surface area contributed by atoms with E-state index in [1.54, 1.807) is 17.3 Å². The van der Waals surface area contributed by atoms with Gasteiger partial charge in [-0.2, -0.15) is 0 Å². The third-order valence-corrected chi connectivity index (χ3v) is 5.98. The van der Waals surface area contributed by atoms with Crippen LogP contribution in [0.4, 0.5) is 10.5 Å². The summed E-state index contributed by atoms with van der Waals surface area (Å²) in [5.74, 6) is 0.445. The number of nitrogens with one attached hydrogen (secondary N) is 1. The second-order valence-corrected chi connectivity index (χ2v) is 7.87. The summed E-state index contributed by atoms with van der Waals surface area (Å²) in [6.07, 6.45) is 7.96. The molecule has 1 aromatic heterocycles. The van der Waals surface area contributed by atoms with E-state index in [4.69, 9.17) is 0 Å². The lowest BCUT2D eigenvalue weighted by Crippen LogP contribution is -2.55. The zero-order valence-electron chi connectivity index (χ0n) is 16.7. The molecule has 4 rings (SSSR count). The van der Waals surface area contributed by atoms with E-state index in [2.05, 4.69) is 34.6 Å². The van der Waals surface area contributed by atoms with Crippen molar-refractivity contribution in [3.05, 3.63) is 60.4 Å². The van der Waals surface area contributed by atoms with Gasteiger partial charge in [0.15, 0.2) is 0 Å². The molecule has 2 aliphatic heterocycles. The maximum absolute atomic E-state index is 12.9. The van der Waals surface area contributed by atoms with Gasteiger partial charge in [-0.25, -0.2) is 4.79 Å². The van der Waals surface area contributed by atoms with Crippen LogP contribution in [0.1, 0.15) is 43.6 Å². The summed E-state index contributed by atoms with van der Waals surface area (Å²) in [5, 5.41) is 3.00. The molecule has 0 aliphatic carbocycles. The summed E-state index contributed by atoms with van der Waals surface area (Å²) >= 11 is 0. The van der Waals surface area contributed by atoms with E-state index in [9.17, 15) is 9.59 Å². The summed E-state index contributed by atoms with van der Waals surface area (Å²) in [6.45, 7) is 2.13. The highest BCUT2D eigenvalue weighted by atomic mass is 16.2. The quantitative estimate of drug-likeness (QED) is 0.869. The van der Waals surface area contributed by atoms with Crippen molar-refractivity contribution in [1.29, 1.82) is 0 Å². The van der Waals surface area contributed by atoms with E-state index >= 15 is 0 Å². The minimum absolute atomic E-state index is 0.0467. The van der Waals surface area contributed by atoms with Gasteiger partial charge in [-0.15, -0.1) is 0 Å². The van der Waals surface area contributed by atoms with Gasteiger partial charge in [0.25, 0.3) is 0 Å². The number of urea groups is 1. The molecule has 3 amide bonds. The molecule has 2 atom stereocenters. The molecule has 2 saturated heterocycles. The lowest BCUT2D eigenvalue weighted by molar-refractivity contribution is -0.121. The number of aromatic nitrogens is 1. The molecule has 6 heteroatoms. The second-order valence-electron chi connectivity index (χ2n) is 7.87. The number of hydrogen-bond donors (Lipinski definition) is 1. The highest BCUT2D eigenvalue weighted by Gasteiger charge is 2.32. The molecule has 2 unspecified atom stereocenters. The molecule has 29 heavy (non-hydrogen) atoms. The first kappa shape index (κ1) is 19.4. The highest BCUT2D eigenvalue weighted by Crippen LogP contribution is 2.28. The largest absolute Gasteiger partial charge is 0.326 e. The van der Waals surface area contributed by atoms with E-state index in [1.165, 1.54) is 5.56 Å². The molecule has 1 aromatic carbocycles. The average molecular weight is 393 g/mol. The van der Waals surface area contributed by atoms with Gasteiger partial charge in [0.1, 0.15) is 6.04 Å². The van der Waals surface area contributed by atoms with Crippen LogP contribution in [0.5, 0.6) is 0 Å². The van der Waals surface area contributed by atoms with E-state index in [-0.39, 0.29) is 11.9 Å². The first-order chi connectivity index (χ1) is 14.2. The van der Waals surface area contributed by atoms with Crippen molar-refractivity contribution >= 4 is 17.6 Å². The van der Waals surface area contributed by atoms with Crippen LogP contribution in [-0.4, -0.2) is 47.5 Å². The van der Waals surface area contributed by atoms with Crippen LogP contribution in [-0.2, 0) is 4.79 Å². The maximum Gasteiger partial charge on any atom is 0.318 e. The predicted octanol–water partition coefficient (Wildman–Crippen LogP) is 3.56. The van der Waals surface area contributed by atoms with Crippen molar-refractivity contribution in [2.75, 3.05) is 24.5 Å². The van der Waals surface area contributed by atoms with Crippen LogP contribution in [0.15, 0.2) is 54.9 Å².